The highest BCUT2D eigenvalue weighted by molar-refractivity contribution is 9.11. The molecule has 100 valence electrons. The van der Waals surface area contributed by atoms with Crippen molar-refractivity contribution in [3.05, 3.63) is 50.9 Å². The molecule has 6 heteroatoms. The Morgan fingerprint density at radius 2 is 2.11 bits per heavy atom. The molecule has 0 bridgehead atoms. The average Bonchev–Trinajstić information content (AvgIpc) is 2.39. The summed E-state index contributed by atoms with van der Waals surface area (Å²) < 4.78 is 20.0. The van der Waals surface area contributed by atoms with Crippen molar-refractivity contribution in [3.63, 3.8) is 0 Å². The van der Waals surface area contributed by atoms with Crippen LogP contribution in [0.2, 0.25) is 0 Å². The Hall–Kier alpha value is -1.14. The second-order valence-corrected chi connectivity index (χ2v) is 5.55. The van der Waals surface area contributed by atoms with E-state index >= 15 is 0 Å². The Balaban J connectivity index is 2.10. The predicted octanol–water partition coefficient (Wildman–Crippen LogP) is 4.37. The van der Waals surface area contributed by atoms with Crippen LogP contribution in [0.15, 0.2) is 39.4 Å². The van der Waals surface area contributed by atoms with Crippen molar-refractivity contribution in [2.75, 3.05) is 12.4 Å². The molecule has 0 saturated carbocycles. The van der Waals surface area contributed by atoms with Crippen LogP contribution in [0, 0.1) is 5.82 Å². The molecular weight excluding hydrogens is 379 g/mol. The van der Waals surface area contributed by atoms with Gasteiger partial charge in [-0.25, -0.2) is 4.39 Å². The summed E-state index contributed by atoms with van der Waals surface area (Å²) in [6.07, 6.45) is 1.73. The normalized spacial score (nSPS) is 10.3. The van der Waals surface area contributed by atoms with E-state index in [9.17, 15) is 4.39 Å². The number of hydrogen-bond donors (Lipinski definition) is 1. The Morgan fingerprint density at radius 3 is 2.79 bits per heavy atom. The van der Waals surface area contributed by atoms with Crippen LogP contribution in [0.5, 0.6) is 5.75 Å². The van der Waals surface area contributed by atoms with Crippen LogP contribution in [0.3, 0.4) is 0 Å². The molecule has 0 aliphatic heterocycles. The molecule has 0 atom stereocenters. The molecule has 19 heavy (non-hydrogen) atoms. The highest BCUT2D eigenvalue weighted by Gasteiger charge is 2.05. The smallest absolute Gasteiger partial charge is 0.165 e. The lowest BCUT2D eigenvalue weighted by molar-refractivity contribution is 0.387. The van der Waals surface area contributed by atoms with Gasteiger partial charge in [-0.05, 0) is 50.1 Å². The third-order valence-electron chi connectivity index (χ3n) is 2.50. The first-order chi connectivity index (χ1) is 9.10. The average molecular weight is 390 g/mol. The lowest BCUT2D eigenvalue weighted by Crippen LogP contribution is -2.03. The van der Waals surface area contributed by atoms with Gasteiger partial charge >= 0.3 is 0 Å². The van der Waals surface area contributed by atoms with E-state index in [2.05, 4.69) is 42.2 Å². The Bertz CT molecular complexity index is 593. The number of hydrogen-bond acceptors (Lipinski definition) is 3. The summed E-state index contributed by atoms with van der Waals surface area (Å²) in [6.45, 7) is 0.530. The molecule has 1 aromatic carbocycles. The molecular formula is C13H11Br2FN2O. The van der Waals surface area contributed by atoms with Gasteiger partial charge in [0.05, 0.1) is 19.3 Å². The summed E-state index contributed by atoms with van der Waals surface area (Å²) in [5, 5.41) is 3.17. The number of nitrogens with one attached hydrogen (secondary N) is 1. The van der Waals surface area contributed by atoms with E-state index in [0.717, 1.165) is 20.3 Å². The molecule has 0 amide bonds. The molecule has 0 aliphatic carbocycles. The van der Waals surface area contributed by atoms with E-state index in [1.165, 1.54) is 13.2 Å². The Kier molecular flexibility index (Phi) is 4.76. The largest absolute Gasteiger partial charge is 0.494 e. The van der Waals surface area contributed by atoms with Crippen molar-refractivity contribution < 1.29 is 9.13 Å². The second kappa shape index (κ2) is 6.34. The Labute approximate surface area is 127 Å². The van der Waals surface area contributed by atoms with Gasteiger partial charge in [-0.1, -0.05) is 0 Å². The first-order valence-corrected chi connectivity index (χ1v) is 7.06. The maximum atomic E-state index is 13.3. The quantitative estimate of drug-likeness (QED) is 0.843. The minimum Gasteiger partial charge on any atom is -0.494 e. The van der Waals surface area contributed by atoms with Crippen LogP contribution >= 0.6 is 31.9 Å². The summed E-state index contributed by atoms with van der Waals surface area (Å²) in [5.74, 6) is -0.163. The zero-order valence-electron chi connectivity index (χ0n) is 10.1. The van der Waals surface area contributed by atoms with Gasteiger partial charge in [0, 0.05) is 26.9 Å². The summed E-state index contributed by atoms with van der Waals surface area (Å²) in [6, 6.07) is 6.56. The zero-order valence-corrected chi connectivity index (χ0v) is 13.3. The monoisotopic (exact) mass is 388 g/mol. The maximum absolute atomic E-state index is 13.3. The topological polar surface area (TPSA) is 34.1 Å². The summed E-state index contributed by atoms with van der Waals surface area (Å²) in [7, 11) is 1.44. The fraction of sp³-hybridized carbons (Fsp3) is 0.154. The molecule has 1 heterocycles. The van der Waals surface area contributed by atoms with Crippen LogP contribution in [0.1, 0.15) is 5.69 Å². The molecule has 0 spiro atoms. The van der Waals surface area contributed by atoms with Gasteiger partial charge in [-0.2, -0.15) is 0 Å². The van der Waals surface area contributed by atoms with E-state index in [4.69, 9.17) is 4.74 Å². The van der Waals surface area contributed by atoms with Gasteiger partial charge in [0.1, 0.15) is 0 Å². The number of halogens is 3. The highest BCUT2D eigenvalue weighted by Crippen LogP contribution is 2.23. The number of pyridine rings is 1. The minimum atomic E-state index is -0.379. The molecule has 0 saturated heterocycles. The number of rotatable bonds is 4. The number of methoxy groups -OCH3 is 1. The highest BCUT2D eigenvalue weighted by atomic mass is 79.9. The second-order valence-electron chi connectivity index (χ2n) is 3.78. The Morgan fingerprint density at radius 1 is 1.32 bits per heavy atom. The van der Waals surface area contributed by atoms with Crippen LogP contribution in [-0.2, 0) is 6.54 Å². The van der Waals surface area contributed by atoms with Crippen molar-refractivity contribution in [3.8, 4) is 5.75 Å². The fourth-order valence-corrected chi connectivity index (χ4v) is 2.66. The molecule has 2 aromatic rings. The molecule has 0 aliphatic rings. The van der Waals surface area contributed by atoms with Crippen LogP contribution in [-0.4, -0.2) is 12.1 Å². The third-order valence-corrected chi connectivity index (χ3v) is 3.62. The minimum absolute atomic E-state index is 0.216. The van der Waals surface area contributed by atoms with Crippen LogP contribution in [0.4, 0.5) is 10.1 Å². The predicted molar refractivity (Wildman–Crippen MR) is 79.9 cm³/mol. The molecule has 1 aromatic heterocycles. The van der Waals surface area contributed by atoms with E-state index in [0.29, 0.717) is 6.54 Å². The first kappa shape index (κ1) is 14.3. The van der Waals surface area contributed by atoms with Gasteiger partial charge in [0.25, 0.3) is 0 Å². The van der Waals surface area contributed by atoms with Crippen molar-refractivity contribution >= 4 is 37.5 Å². The lowest BCUT2D eigenvalue weighted by Gasteiger charge is -2.09. The summed E-state index contributed by atoms with van der Waals surface area (Å²) in [5.41, 5.74) is 1.64. The van der Waals surface area contributed by atoms with E-state index in [1.807, 2.05) is 6.07 Å². The third kappa shape index (κ3) is 3.67. The number of aromatic nitrogens is 1. The standard InChI is InChI=1S/C13H11Br2FN2O/c1-19-13-5-9(2-3-11(13)16)17-7-12-10(15)4-8(14)6-18-12/h2-6,17H,7H2,1H3. The first-order valence-electron chi connectivity index (χ1n) is 5.47. The van der Waals surface area contributed by atoms with Gasteiger partial charge in [0.2, 0.25) is 0 Å². The molecule has 0 unspecified atom stereocenters. The van der Waals surface area contributed by atoms with Gasteiger partial charge in [0.15, 0.2) is 11.6 Å². The van der Waals surface area contributed by atoms with Crippen molar-refractivity contribution in [1.82, 2.24) is 4.98 Å². The fourth-order valence-electron chi connectivity index (χ4n) is 1.53. The number of anilines is 1. The maximum Gasteiger partial charge on any atom is 0.165 e. The van der Waals surface area contributed by atoms with E-state index < -0.39 is 0 Å². The van der Waals surface area contributed by atoms with Crippen molar-refractivity contribution in [2.45, 2.75) is 6.54 Å². The summed E-state index contributed by atoms with van der Waals surface area (Å²) in [4.78, 5) is 4.29. The van der Waals surface area contributed by atoms with E-state index in [-0.39, 0.29) is 11.6 Å². The van der Waals surface area contributed by atoms with E-state index in [1.54, 1.807) is 18.3 Å². The molecule has 2 rings (SSSR count). The lowest BCUT2D eigenvalue weighted by atomic mass is 10.2. The molecule has 1 N–H and O–H groups in total. The van der Waals surface area contributed by atoms with Crippen molar-refractivity contribution in [2.24, 2.45) is 0 Å². The van der Waals surface area contributed by atoms with Crippen molar-refractivity contribution in [1.29, 1.82) is 0 Å². The molecule has 0 radical (unpaired) electrons. The molecule has 0 fully saturated rings. The van der Waals surface area contributed by atoms with Gasteiger partial charge in [-0.3, -0.25) is 4.98 Å². The summed E-state index contributed by atoms with van der Waals surface area (Å²) >= 11 is 6.79. The number of ether oxygens (including phenoxy) is 1. The number of benzene rings is 1. The van der Waals surface area contributed by atoms with Gasteiger partial charge < -0.3 is 10.1 Å². The van der Waals surface area contributed by atoms with Crippen LogP contribution < -0.4 is 10.1 Å². The number of nitrogens with zero attached hydrogens (tertiary/aromatic N) is 1. The van der Waals surface area contributed by atoms with Crippen LogP contribution in [0.25, 0.3) is 0 Å². The SMILES string of the molecule is COc1cc(NCc2ncc(Br)cc2Br)ccc1F. The molecule has 3 nitrogen and oxygen atoms in total. The van der Waals surface area contributed by atoms with Gasteiger partial charge in [-0.15, -0.1) is 0 Å². The zero-order chi connectivity index (χ0) is 13.8.